The van der Waals surface area contributed by atoms with Crippen molar-refractivity contribution in [3.8, 4) is 5.75 Å². The molecule has 1 aliphatic rings. The van der Waals surface area contributed by atoms with Crippen molar-refractivity contribution in [1.82, 2.24) is 4.72 Å². The Kier molecular flexibility index (Phi) is 3.89. The molecule has 3 N–H and O–H groups in total. The molecule has 1 aliphatic carbocycles. The van der Waals surface area contributed by atoms with Gasteiger partial charge in [0.2, 0.25) is 10.0 Å². The Labute approximate surface area is 107 Å². The molecular weight excluding hydrogens is 254 g/mol. The minimum Gasteiger partial charge on any atom is -0.507 e. The second-order valence-corrected chi connectivity index (χ2v) is 6.28. The lowest BCUT2D eigenvalue weighted by molar-refractivity contribution is 0.120. The Balaban J connectivity index is 2.11. The maximum absolute atomic E-state index is 12.1. The number of hydrogen-bond donors (Lipinski definition) is 3. The van der Waals surface area contributed by atoms with Gasteiger partial charge in [0, 0.05) is 6.04 Å². The lowest BCUT2D eigenvalue weighted by atomic mass is 9.94. The largest absolute Gasteiger partial charge is 0.507 e. The van der Waals surface area contributed by atoms with Crippen LogP contribution < -0.4 is 4.72 Å². The number of aliphatic hydroxyl groups excluding tert-OH is 1. The highest BCUT2D eigenvalue weighted by molar-refractivity contribution is 7.89. The van der Waals surface area contributed by atoms with Crippen LogP contribution in [0.1, 0.15) is 25.7 Å². The van der Waals surface area contributed by atoms with E-state index in [1.165, 1.54) is 12.1 Å². The number of hydrogen-bond acceptors (Lipinski definition) is 4. The first-order valence-electron chi connectivity index (χ1n) is 5.97. The summed E-state index contributed by atoms with van der Waals surface area (Å²) in [7, 11) is -3.69. The Morgan fingerprint density at radius 1 is 1.11 bits per heavy atom. The van der Waals surface area contributed by atoms with E-state index in [4.69, 9.17) is 0 Å². The lowest BCUT2D eigenvalue weighted by Gasteiger charge is -2.26. The average molecular weight is 271 g/mol. The summed E-state index contributed by atoms with van der Waals surface area (Å²) < 4.78 is 26.7. The van der Waals surface area contributed by atoms with E-state index in [-0.39, 0.29) is 22.8 Å². The third kappa shape index (κ3) is 3.01. The molecule has 100 valence electrons. The molecule has 0 spiro atoms. The van der Waals surface area contributed by atoms with Gasteiger partial charge >= 0.3 is 0 Å². The number of phenols is 1. The fourth-order valence-electron chi connectivity index (χ4n) is 2.16. The highest BCUT2D eigenvalue weighted by Gasteiger charge is 2.26. The Morgan fingerprint density at radius 2 is 1.72 bits per heavy atom. The van der Waals surface area contributed by atoms with Crippen molar-refractivity contribution in [1.29, 1.82) is 0 Å². The van der Waals surface area contributed by atoms with Gasteiger partial charge in [-0.25, -0.2) is 13.1 Å². The van der Waals surface area contributed by atoms with Crippen LogP contribution in [0.3, 0.4) is 0 Å². The number of nitrogens with one attached hydrogen (secondary N) is 1. The van der Waals surface area contributed by atoms with Crippen molar-refractivity contribution in [2.75, 3.05) is 0 Å². The van der Waals surface area contributed by atoms with E-state index in [2.05, 4.69) is 4.72 Å². The third-order valence-corrected chi connectivity index (χ3v) is 4.74. The van der Waals surface area contributed by atoms with Crippen LogP contribution in [0.5, 0.6) is 5.75 Å². The van der Waals surface area contributed by atoms with E-state index in [9.17, 15) is 18.6 Å². The lowest BCUT2D eigenvalue weighted by Crippen LogP contribution is -2.38. The maximum Gasteiger partial charge on any atom is 0.244 e. The van der Waals surface area contributed by atoms with Crippen molar-refractivity contribution in [3.05, 3.63) is 24.3 Å². The number of rotatable bonds is 3. The molecule has 0 aliphatic heterocycles. The van der Waals surface area contributed by atoms with E-state index in [1.807, 2.05) is 0 Å². The number of benzene rings is 1. The Morgan fingerprint density at radius 3 is 2.33 bits per heavy atom. The highest BCUT2D eigenvalue weighted by atomic mass is 32.2. The van der Waals surface area contributed by atoms with Crippen LogP contribution in [0.2, 0.25) is 0 Å². The van der Waals surface area contributed by atoms with E-state index in [0.29, 0.717) is 25.7 Å². The molecule has 1 saturated carbocycles. The summed E-state index contributed by atoms with van der Waals surface area (Å²) in [6, 6.07) is 5.69. The van der Waals surface area contributed by atoms with Crippen molar-refractivity contribution in [3.63, 3.8) is 0 Å². The summed E-state index contributed by atoms with van der Waals surface area (Å²) in [6.07, 6.45) is 2.13. The number of aliphatic hydroxyl groups is 1. The number of phenolic OH excluding ortho intramolecular Hbond substituents is 1. The van der Waals surface area contributed by atoms with Crippen LogP contribution in [0.25, 0.3) is 0 Å². The van der Waals surface area contributed by atoms with E-state index in [0.717, 1.165) is 0 Å². The second kappa shape index (κ2) is 5.26. The van der Waals surface area contributed by atoms with Gasteiger partial charge in [-0.15, -0.1) is 0 Å². The van der Waals surface area contributed by atoms with Crippen LogP contribution >= 0.6 is 0 Å². The molecule has 0 radical (unpaired) electrons. The zero-order valence-corrected chi connectivity index (χ0v) is 10.7. The first kappa shape index (κ1) is 13.3. The number of para-hydroxylation sites is 1. The molecule has 2 rings (SSSR count). The van der Waals surface area contributed by atoms with Crippen LogP contribution in [0.4, 0.5) is 0 Å². The topological polar surface area (TPSA) is 86.6 Å². The third-order valence-electron chi connectivity index (χ3n) is 3.17. The van der Waals surface area contributed by atoms with Crippen LogP contribution in [-0.2, 0) is 10.0 Å². The SMILES string of the molecule is O=S(=O)(NC1CCC(O)CC1)c1ccccc1O. The molecule has 0 atom stereocenters. The van der Waals surface area contributed by atoms with Gasteiger partial charge in [-0.2, -0.15) is 0 Å². The molecule has 1 aromatic carbocycles. The molecule has 0 saturated heterocycles. The Bertz CT molecular complexity index is 507. The molecular formula is C12H17NO4S. The van der Waals surface area contributed by atoms with Gasteiger partial charge in [0.25, 0.3) is 0 Å². The van der Waals surface area contributed by atoms with Gasteiger partial charge in [0.1, 0.15) is 10.6 Å². The molecule has 18 heavy (non-hydrogen) atoms. The van der Waals surface area contributed by atoms with Gasteiger partial charge in [-0.3, -0.25) is 0 Å². The smallest absolute Gasteiger partial charge is 0.244 e. The summed E-state index contributed by atoms with van der Waals surface area (Å²) in [4.78, 5) is -0.101. The second-order valence-electron chi connectivity index (χ2n) is 4.59. The Hall–Kier alpha value is -1.11. The molecule has 5 nitrogen and oxygen atoms in total. The highest BCUT2D eigenvalue weighted by Crippen LogP contribution is 2.24. The van der Waals surface area contributed by atoms with Crippen molar-refractivity contribution in [2.24, 2.45) is 0 Å². The summed E-state index contributed by atoms with van der Waals surface area (Å²) >= 11 is 0. The quantitative estimate of drug-likeness (QED) is 0.764. The zero-order chi connectivity index (χ0) is 13.2. The van der Waals surface area contributed by atoms with Gasteiger partial charge in [-0.05, 0) is 37.8 Å². The first-order valence-corrected chi connectivity index (χ1v) is 7.46. The minimum absolute atomic E-state index is 0.101. The molecule has 0 unspecified atom stereocenters. The molecule has 0 amide bonds. The number of sulfonamides is 1. The van der Waals surface area contributed by atoms with E-state index < -0.39 is 10.0 Å². The summed E-state index contributed by atoms with van der Waals surface area (Å²) in [5, 5.41) is 18.9. The zero-order valence-electron chi connectivity index (χ0n) is 9.91. The standard InChI is InChI=1S/C12H17NO4S/c14-10-7-5-9(6-8-10)13-18(16,17)12-4-2-1-3-11(12)15/h1-4,9-10,13-15H,5-8H2. The normalized spacial score (nSPS) is 24.9. The van der Waals surface area contributed by atoms with Crippen LogP contribution in [0.15, 0.2) is 29.2 Å². The molecule has 6 heteroatoms. The van der Waals surface area contributed by atoms with E-state index >= 15 is 0 Å². The summed E-state index contributed by atoms with van der Waals surface area (Å²) in [5.41, 5.74) is 0. The monoisotopic (exact) mass is 271 g/mol. The van der Waals surface area contributed by atoms with Gasteiger partial charge in [-0.1, -0.05) is 12.1 Å². The summed E-state index contributed by atoms with van der Waals surface area (Å²) in [6.45, 7) is 0. The fraction of sp³-hybridized carbons (Fsp3) is 0.500. The van der Waals surface area contributed by atoms with Crippen molar-refractivity contribution >= 4 is 10.0 Å². The van der Waals surface area contributed by atoms with Crippen molar-refractivity contribution < 1.29 is 18.6 Å². The van der Waals surface area contributed by atoms with Gasteiger partial charge in [0.15, 0.2) is 0 Å². The molecule has 1 aromatic rings. The fourth-order valence-corrected chi connectivity index (χ4v) is 3.56. The van der Waals surface area contributed by atoms with Crippen molar-refractivity contribution in [2.45, 2.75) is 42.7 Å². The molecule has 0 heterocycles. The van der Waals surface area contributed by atoms with Crippen LogP contribution in [-0.4, -0.2) is 30.8 Å². The first-order chi connectivity index (χ1) is 8.49. The van der Waals surface area contributed by atoms with Crippen LogP contribution in [0, 0.1) is 0 Å². The number of aromatic hydroxyl groups is 1. The average Bonchev–Trinajstić information content (AvgIpc) is 2.32. The minimum atomic E-state index is -3.69. The predicted octanol–water partition coefficient (Wildman–Crippen LogP) is 0.974. The van der Waals surface area contributed by atoms with Gasteiger partial charge in [0.05, 0.1) is 6.10 Å². The molecule has 0 bridgehead atoms. The molecule has 0 aromatic heterocycles. The maximum atomic E-state index is 12.1. The predicted molar refractivity (Wildman–Crippen MR) is 66.7 cm³/mol. The van der Waals surface area contributed by atoms with Gasteiger partial charge < -0.3 is 10.2 Å². The molecule has 1 fully saturated rings. The summed E-state index contributed by atoms with van der Waals surface area (Å²) in [5.74, 6) is -0.249. The van der Waals surface area contributed by atoms with E-state index in [1.54, 1.807) is 12.1 Å².